The Labute approximate surface area is 284 Å². The van der Waals surface area contributed by atoms with E-state index in [0.29, 0.717) is 51.2 Å². The Morgan fingerprint density at radius 2 is 1.60 bits per heavy atom. The van der Waals surface area contributed by atoms with E-state index < -0.39 is 42.7 Å². The van der Waals surface area contributed by atoms with E-state index in [-0.39, 0.29) is 66.9 Å². The van der Waals surface area contributed by atoms with Crippen molar-refractivity contribution < 1.29 is 53.0 Å². The summed E-state index contributed by atoms with van der Waals surface area (Å²) < 4.78 is 41.9. The van der Waals surface area contributed by atoms with Gasteiger partial charge in [0.25, 0.3) is 0 Å². The molecule has 270 valence electrons. The fourth-order valence-electron chi connectivity index (χ4n) is 8.61. The van der Waals surface area contributed by atoms with Gasteiger partial charge in [0.15, 0.2) is 0 Å². The molecular formula is C37H56O11. The number of fused-ring (bicyclic) bond motifs is 2. The van der Waals surface area contributed by atoms with Gasteiger partial charge in [0.1, 0.15) is 42.1 Å². The number of carbonyl (C=O) groups excluding carboxylic acids is 2. The summed E-state index contributed by atoms with van der Waals surface area (Å²) in [6, 6.07) is 0. The highest BCUT2D eigenvalue weighted by molar-refractivity contribution is 5.79. The third kappa shape index (κ3) is 8.16. The molecule has 6 rings (SSSR count). The van der Waals surface area contributed by atoms with Gasteiger partial charge in [0.2, 0.25) is 0 Å². The monoisotopic (exact) mass is 676 g/mol. The Kier molecular flexibility index (Phi) is 11.9. The molecule has 15 atom stereocenters. The number of rotatable bonds is 13. The zero-order valence-electron chi connectivity index (χ0n) is 28.8. The first-order chi connectivity index (χ1) is 23.0. The Hall–Kier alpha value is -1.54. The van der Waals surface area contributed by atoms with E-state index in [1.807, 2.05) is 6.92 Å². The molecule has 48 heavy (non-hydrogen) atoms. The first-order valence-corrected chi connectivity index (χ1v) is 18.1. The number of methoxy groups -OCH3 is 1. The minimum Gasteiger partial charge on any atom is -0.388 e. The van der Waals surface area contributed by atoms with Crippen LogP contribution in [0.3, 0.4) is 0 Å². The average Bonchev–Trinajstić information content (AvgIpc) is 3.71. The summed E-state index contributed by atoms with van der Waals surface area (Å²) in [6.07, 6.45) is 0.366. The molecule has 0 saturated carbocycles. The summed E-state index contributed by atoms with van der Waals surface area (Å²) >= 11 is 0. The summed E-state index contributed by atoms with van der Waals surface area (Å²) in [6.45, 7) is 13.6. The first kappa shape index (κ1) is 36.3. The number of aliphatic hydroxyl groups excluding tert-OH is 2. The molecule has 6 heterocycles. The number of Topliss-reactive ketones (excluding diaryl/α,β-unsaturated/α-hetero) is 2. The van der Waals surface area contributed by atoms with Crippen LogP contribution in [0, 0.1) is 11.8 Å². The topological polar surface area (TPSA) is 139 Å². The number of ketones is 2. The number of hydrogen-bond acceptors (Lipinski definition) is 11. The average molecular weight is 677 g/mol. The van der Waals surface area contributed by atoms with Crippen LogP contribution in [0.2, 0.25) is 0 Å². The normalized spacial score (nSPS) is 44.5. The van der Waals surface area contributed by atoms with Gasteiger partial charge in [-0.1, -0.05) is 20.1 Å². The molecule has 2 N–H and O–H groups in total. The van der Waals surface area contributed by atoms with Crippen molar-refractivity contribution in [2.24, 2.45) is 11.8 Å². The van der Waals surface area contributed by atoms with E-state index in [9.17, 15) is 19.8 Å². The molecule has 0 radical (unpaired) electrons. The van der Waals surface area contributed by atoms with Crippen molar-refractivity contribution in [2.75, 3.05) is 20.3 Å². The van der Waals surface area contributed by atoms with Gasteiger partial charge in [0, 0.05) is 38.7 Å². The molecule has 6 aliphatic heterocycles. The molecule has 0 aromatic rings. The Bertz CT molecular complexity index is 1170. The zero-order chi connectivity index (χ0) is 34.1. The van der Waals surface area contributed by atoms with Crippen molar-refractivity contribution in [1.29, 1.82) is 0 Å². The highest BCUT2D eigenvalue weighted by Gasteiger charge is 2.57. The molecule has 0 aromatic carbocycles. The van der Waals surface area contributed by atoms with E-state index in [1.165, 1.54) is 0 Å². The molecule has 11 heteroatoms. The molecule has 0 spiro atoms. The SMILES string of the molecule is C=C1CO[C@@H](CC[C@@H]2OC(CCC(=O)C[C@H]3OC4C(O)[C@H]5OC(CC(=O)CC6[C@H](C)OC[C@@H]6OC)CCC5O[C@H]4C3O)CC2=C)C[C@H]1C. The van der Waals surface area contributed by atoms with Crippen LogP contribution in [-0.4, -0.2) is 121 Å². The summed E-state index contributed by atoms with van der Waals surface area (Å²) in [5, 5.41) is 22.4. The number of aliphatic hydroxyl groups is 2. The molecule has 11 nitrogen and oxygen atoms in total. The Balaban J connectivity index is 0.927. The minimum atomic E-state index is -1.04. The lowest BCUT2D eigenvalue weighted by molar-refractivity contribution is -0.259. The van der Waals surface area contributed by atoms with Gasteiger partial charge in [-0.05, 0) is 68.9 Å². The van der Waals surface area contributed by atoms with Crippen LogP contribution in [0.25, 0.3) is 0 Å². The molecule has 7 unspecified atom stereocenters. The number of ether oxygens (including phenoxy) is 7. The molecule has 0 bridgehead atoms. The highest BCUT2D eigenvalue weighted by atomic mass is 16.6. The molecular weight excluding hydrogens is 620 g/mol. The third-order valence-electron chi connectivity index (χ3n) is 11.7. The molecule has 6 saturated heterocycles. The second kappa shape index (κ2) is 15.8. The van der Waals surface area contributed by atoms with Crippen molar-refractivity contribution in [3.8, 4) is 0 Å². The van der Waals surface area contributed by atoms with Gasteiger partial charge in [0.05, 0.1) is 62.0 Å². The van der Waals surface area contributed by atoms with Crippen molar-refractivity contribution in [2.45, 2.75) is 164 Å². The highest BCUT2D eigenvalue weighted by Crippen LogP contribution is 2.41. The largest absolute Gasteiger partial charge is 0.388 e. The third-order valence-corrected chi connectivity index (χ3v) is 11.7. The second-order valence-corrected chi connectivity index (χ2v) is 15.2. The van der Waals surface area contributed by atoms with Crippen LogP contribution in [0.5, 0.6) is 0 Å². The van der Waals surface area contributed by atoms with E-state index in [1.54, 1.807) is 7.11 Å². The number of carbonyl (C=O) groups is 2. The van der Waals surface area contributed by atoms with Gasteiger partial charge < -0.3 is 43.4 Å². The fraction of sp³-hybridized carbons (Fsp3) is 0.838. The van der Waals surface area contributed by atoms with E-state index in [2.05, 4.69) is 20.1 Å². The summed E-state index contributed by atoms with van der Waals surface area (Å²) in [7, 11) is 1.64. The van der Waals surface area contributed by atoms with Crippen molar-refractivity contribution in [3.63, 3.8) is 0 Å². The Morgan fingerprint density at radius 1 is 0.812 bits per heavy atom. The fourth-order valence-corrected chi connectivity index (χ4v) is 8.61. The van der Waals surface area contributed by atoms with Crippen molar-refractivity contribution >= 4 is 11.6 Å². The van der Waals surface area contributed by atoms with Crippen LogP contribution in [0.15, 0.2) is 24.3 Å². The lowest BCUT2D eigenvalue weighted by Crippen LogP contribution is -2.61. The maximum Gasteiger partial charge on any atom is 0.135 e. The van der Waals surface area contributed by atoms with Crippen LogP contribution in [0.1, 0.15) is 84.5 Å². The lowest BCUT2D eigenvalue weighted by atomic mass is 9.86. The predicted octanol–water partition coefficient (Wildman–Crippen LogP) is 3.40. The molecule has 0 amide bonds. The quantitative estimate of drug-likeness (QED) is 0.278. The second-order valence-electron chi connectivity index (χ2n) is 15.2. The summed E-state index contributed by atoms with van der Waals surface area (Å²) in [5.41, 5.74) is 2.22. The molecule has 0 aromatic heterocycles. The van der Waals surface area contributed by atoms with Crippen molar-refractivity contribution in [1.82, 2.24) is 0 Å². The molecule has 6 fully saturated rings. The Morgan fingerprint density at radius 3 is 2.38 bits per heavy atom. The minimum absolute atomic E-state index is 0.00988. The first-order valence-electron chi connectivity index (χ1n) is 18.1. The van der Waals surface area contributed by atoms with E-state index >= 15 is 0 Å². The van der Waals surface area contributed by atoms with Gasteiger partial charge in [-0.15, -0.1) is 0 Å². The van der Waals surface area contributed by atoms with Crippen LogP contribution < -0.4 is 0 Å². The van der Waals surface area contributed by atoms with E-state index in [0.717, 1.165) is 36.8 Å². The predicted molar refractivity (Wildman–Crippen MR) is 174 cm³/mol. The van der Waals surface area contributed by atoms with Gasteiger partial charge >= 0.3 is 0 Å². The van der Waals surface area contributed by atoms with Crippen LogP contribution >= 0.6 is 0 Å². The van der Waals surface area contributed by atoms with Gasteiger partial charge in [-0.25, -0.2) is 0 Å². The van der Waals surface area contributed by atoms with Gasteiger partial charge in [-0.2, -0.15) is 0 Å². The van der Waals surface area contributed by atoms with E-state index in [4.69, 9.17) is 33.2 Å². The standard InChI is InChI=1S/C37H56O11/c1-19-12-25(44-17-21(19)3)8-10-29-20(2)13-26(45-29)7-6-23(38)16-31-33(40)36-37(48-31)34(41)35-30(47-36)11-9-27(46-35)14-24(39)15-28-22(4)43-18-32(28)42-5/h19,22,25-37,40-41H,2-3,6-18H2,1,4-5H3/t19-,22+,25+,26?,27?,28?,29+,30?,31-,32+,33?,34?,35+,36+,37?/m1/s1. The van der Waals surface area contributed by atoms with Crippen molar-refractivity contribution in [3.05, 3.63) is 24.3 Å². The van der Waals surface area contributed by atoms with Crippen LogP contribution in [0.4, 0.5) is 0 Å². The maximum atomic E-state index is 13.1. The lowest BCUT2D eigenvalue weighted by Gasteiger charge is -2.46. The zero-order valence-corrected chi connectivity index (χ0v) is 28.8. The maximum absolute atomic E-state index is 13.1. The van der Waals surface area contributed by atoms with Crippen LogP contribution in [-0.2, 0) is 42.7 Å². The smallest absolute Gasteiger partial charge is 0.135 e. The van der Waals surface area contributed by atoms with Gasteiger partial charge in [-0.3, -0.25) is 9.59 Å². The molecule has 6 aliphatic rings. The summed E-state index contributed by atoms with van der Waals surface area (Å²) in [5.74, 6) is 0.534. The molecule has 0 aliphatic carbocycles. The summed E-state index contributed by atoms with van der Waals surface area (Å²) in [4.78, 5) is 26.0. The number of hydrogen-bond donors (Lipinski definition) is 2.